The smallest absolute Gasteiger partial charge is 0.0645 e. The van der Waals surface area contributed by atoms with E-state index in [1.165, 1.54) is 38.6 Å². The zero-order valence-electron chi connectivity index (χ0n) is 12.9. The quantitative estimate of drug-likeness (QED) is 0.629. The average Bonchev–Trinajstić information content (AvgIpc) is 2.81. The maximum Gasteiger partial charge on any atom is 0.0645 e. The lowest BCUT2D eigenvalue weighted by molar-refractivity contribution is 0.965. The Hall–Kier alpha value is -2.67. The lowest BCUT2D eigenvalue weighted by Crippen LogP contribution is -2.13. The molecule has 1 atom stereocenters. The maximum atomic E-state index is 4.69. The molecule has 0 fully saturated rings. The number of aliphatic imine (C=N–C) groups is 1. The van der Waals surface area contributed by atoms with Crippen molar-refractivity contribution in [3.05, 3.63) is 89.1 Å². The molecule has 23 heavy (non-hydrogen) atoms. The van der Waals surface area contributed by atoms with E-state index in [1.807, 2.05) is 0 Å². The van der Waals surface area contributed by atoms with E-state index in [0.29, 0.717) is 5.92 Å². The van der Waals surface area contributed by atoms with Gasteiger partial charge in [0, 0.05) is 12.1 Å². The summed E-state index contributed by atoms with van der Waals surface area (Å²) in [4.78, 5) is 4.69. The molecule has 2 aliphatic carbocycles. The molecule has 0 saturated heterocycles. The van der Waals surface area contributed by atoms with Crippen LogP contribution in [0.2, 0.25) is 0 Å². The van der Waals surface area contributed by atoms with Crippen LogP contribution in [-0.4, -0.2) is 6.21 Å². The van der Waals surface area contributed by atoms with Crippen molar-refractivity contribution in [3.63, 3.8) is 0 Å². The van der Waals surface area contributed by atoms with Crippen LogP contribution in [0.5, 0.6) is 0 Å². The van der Waals surface area contributed by atoms with Crippen LogP contribution in [0.3, 0.4) is 0 Å². The molecule has 3 aliphatic rings. The Morgan fingerprint density at radius 1 is 1.00 bits per heavy atom. The summed E-state index contributed by atoms with van der Waals surface area (Å²) >= 11 is 0. The van der Waals surface area contributed by atoms with Gasteiger partial charge in [0.05, 0.1) is 6.54 Å². The fourth-order valence-corrected chi connectivity index (χ4v) is 4.01. The molecule has 1 nitrogen and oxygen atoms in total. The second-order valence-corrected chi connectivity index (χ2v) is 6.36. The lowest BCUT2D eigenvalue weighted by atomic mass is 9.75. The highest BCUT2D eigenvalue weighted by molar-refractivity contribution is 6.04. The lowest BCUT2D eigenvalue weighted by Gasteiger charge is -2.28. The van der Waals surface area contributed by atoms with E-state index in [0.717, 1.165) is 13.0 Å². The Morgan fingerprint density at radius 2 is 1.96 bits per heavy atom. The SMILES string of the molecule is C1=CC2=CCC3=C(c4c(ccc5ccccc45)CN=C3)C2C=C1. The molecule has 110 valence electrons. The molecule has 0 spiro atoms. The van der Waals surface area contributed by atoms with Crippen molar-refractivity contribution in [3.8, 4) is 0 Å². The molecule has 2 aromatic rings. The predicted octanol–water partition coefficient (Wildman–Crippen LogP) is 5.25. The van der Waals surface area contributed by atoms with Gasteiger partial charge in [0.1, 0.15) is 0 Å². The van der Waals surface area contributed by atoms with Crippen LogP contribution in [-0.2, 0) is 6.54 Å². The summed E-state index contributed by atoms with van der Waals surface area (Å²) < 4.78 is 0. The Kier molecular flexibility index (Phi) is 2.75. The first kappa shape index (κ1) is 12.8. The van der Waals surface area contributed by atoms with Gasteiger partial charge >= 0.3 is 0 Å². The average molecular weight is 295 g/mol. The first-order valence-corrected chi connectivity index (χ1v) is 8.20. The van der Waals surface area contributed by atoms with E-state index in [1.54, 1.807) is 0 Å². The molecule has 1 unspecified atom stereocenters. The second kappa shape index (κ2) is 4.92. The Bertz CT molecular complexity index is 967. The normalized spacial score (nSPS) is 21.6. The molecule has 0 saturated carbocycles. The van der Waals surface area contributed by atoms with Gasteiger partial charge < -0.3 is 0 Å². The molecule has 1 aliphatic heterocycles. The van der Waals surface area contributed by atoms with Crippen LogP contribution in [0.15, 0.2) is 82.9 Å². The van der Waals surface area contributed by atoms with Crippen LogP contribution >= 0.6 is 0 Å². The fraction of sp³-hybridized carbons (Fsp3) is 0.136. The summed E-state index contributed by atoms with van der Waals surface area (Å²) in [5.41, 5.74) is 6.99. The Balaban J connectivity index is 1.85. The van der Waals surface area contributed by atoms with Gasteiger partial charge in [0.2, 0.25) is 0 Å². The summed E-state index contributed by atoms with van der Waals surface area (Å²) in [7, 11) is 0. The van der Waals surface area contributed by atoms with Gasteiger partial charge in [0.25, 0.3) is 0 Å². The van der Waals surface area contributed by atoms with Crippen LogP contribution in [0.1, 0.15) is 17.5 Å². The molecule has 0 aromatic heterocycles. The minimum atomic E-state index is 0.359. The zero-order valence-corrected chi connectivity index (χ0v) is 12.9. The number of benzene rings is 2. The molecule has 0 N–H and O–H groups in total. The molecule has 0 radical (unpaired) electrons. The van der Waals surface area contributed by atoms with Crippen molar-refractivity contribution in [1.29, 1.82) is 0 Å². The Labute approximate surface area is 136 Å². The van der Waals surface area contributed by atoms with E-state index in [-0.39, 0.29) is 0 Å². The zero-order chi connectivity index (χ0) is 15.2. The Morgan fingerprint density at radius 3 is 2.96 bits per heavy atom. The summed E-state index contributed by atoms with van der Waals surface area (Å²) in [6, 6.07) is 13.2. The van der Waals surface area contributed by atoms with Gasteiger partial charge in [-0.1, -0.05) is 66.8 Å². The predicted molar refractivity (Wildman–Crippen MR) is 97.5 cm³/mol. The molecule has 2 aromatic carbocycles. The van der Waals surface area contributed by atoms with Crippen molar-refractivity contribution in [2.75, 3.05) is 0 Å². The molecule has 0 amide bonds. The van der Waals surface area contributed by atoms with Gasteiger partial charge in [0.15, 0.2) is 0 Å². The van der Waals surface area contributed by atoms with E-state index in [4.69, 9.17) is 0 Å². The third-order valence-electron chi connectivity index (χ3n) is 5.07. The van der Waals surface area contributed by atoms with Crippen LogP contribution < -0.4 is 0 Å². The fourth-order valence-electron chi connectivity index (χ4n) is 4.01. The maximum absolute atomic E-state index is 4.69. The van der Waals surface area contributed by atoms with Crippen LogP contribution in [0.25, 0.3) is 16.3 Å². The largest absolute Gasteiger partial charge is 0.288 e. The third kappa shape index (κ3) is 1.90. The number of fused-ring (bicyclic) bond motifs is 6. The standard InChI is InChI=1S/C22H17N/c1-3-7-19-15(5-1)9-11-17-13-23-14-18-12-10-16-6-2-4-8-20(16)22(18)21(17)19/h1-11,14,20H,12-13H2. The topological polar surface area (TPSA) is 12.4 Å². The van der Waals surface area contributed by atoms with Crippen molar-refractivity contribution in [1.82, 2.24) is 0 Å². The van der Waals surface area contributed by atoms with Gasteiger partial charge in [-0.05, 0) is 45.0 Å². The van der Waals surface area contributed by atoms with Gasteiger partial charge in [-0.25, -0.2) is 0 Å². The van der Waals surface area contributed by atoms with Crippen molar-refractivity contribution in [2.45, 2.75) is 13.0 Å². The molecular formula is C22H17N. The van der Waals surface area contributed by atoms with Crippen molar-refractivity contribution < 1.29 is 0 Å². The molecule has 1 heteroatoms. The van der Waals surface area contributed by atoms with E-state index in [9.17, 15) is 0 Å². The summed E-state index contributed by atoms with van der Waals surface area (Å²) in [5, 5.41) is 2.67. The first-order valence-electron chi connectivity index (χ1n) is 8.20. The van der Waals surface area contributed by atoms with Gasteiger partial charge in [-0.2, -0.15) is 0 Å². The highest BCUT2D eigenvalue weighted by Gasteiger charge is 2.28. The summed E-state index contributed by atoms with van der Waals surface area (Å²) in [5.74, 6) is 0.359. The number of allylic oxidation sites excluding steroid dienone is 8. The van der Waals surface area contributed by atoms with Crippen LogP contribution in [0, 0.1) is 5.92 Å². The van der Waals surface area contributed by atoms with E-state index in [2.05, 4.69) is 78.0 Å². The third-order valence-corrected chi connectivity index (χ3v) is 5.07. The number of rotatable bonds is 0. The number of nitrogens with zero attached hydrogens (tertiary/aromatic N) is 1. The highest BCUT2D eigenvalue weighted by Crippen LogP contribution is 2.44. The van der Waals surface area contributed by atoms with Crippen molar-refractivity contribution in [2.24, 2.45) is 10.9 Å². The number of hydrogen-bond donors (Lipinski definition) is 0. The molecule has 1 heterocycles. The minimum Gasteiger partial charge on any atom is -0.288 e. The van der Waals surface area contributed by atoms with E-state index < -0.39 is 0 Å². The minimum absolute atomic E-state index is 0.359. The van der Waals surface area contributed by atoms with Crippen molar-refractivity contribution >= 4 is 22.6 Å². The molecular weight excluding hydrogens is 278 g/mol. The van der Waals surface area contributed by atoms with Gasteiger partial charge in [-0.3, -0.25) is 4.99 Å². The molecule has 5 rings (SSSR count). The number of hydrogen-bond acceptors (Lipinski definition) is 1. The first-order chi connectivity index (χ1) is 11.4. The second-order valence-electron chi connectivity index (χ2n) is 6.36. The summed E-state index contributed by atoms with van der Waals surface area (Å²) in [6.07, 6.45) is 14.3. The van der Waals surface area contributed by atoms with Gasteiger partial charge in [-0.15, -0.1) is 0 Å². The monoisotopic (exact) mass is 295 g/mol. The summed E-state index contributed by atoms with van der Waals surface area (Å²) in [6.45, 7) is 0.773. The molecule has 0 bridgehead atoms. The highest BCUT2D eigenvalue weighted by atomic mass is 14.7. The van der Waals surface area contributed by atoms with Crippen LogP contribution in [0.4, 0.5) is 0 Å². The van der Waals surface area contributed by atoms with E-state index >= 15 is 0 Å².